The number of nitrogens with two attached hydrogens (primary N) is 2. The van der Waals surface area contributed by atoms with Gasteiger partial charge in [0.25, 0.3) is 23.9 Å². The van der Waals surface area contributed by atoms with Crippen LogP contribution in [0.5, 0.6) is 0 Å². The summed E-state index contributed by atoms with van der Waals surface area (Å²) in [5, 5.41) is 29.7. The van der Waals surface area contributed by atoms with Gasteiger partial charge in [-0.2, -0.15) is 0 Å². The van der Waals surface area contributed by atoms with Gasteiger partial charge in [-0.1, -0.05) is 45.4 Å². The van der Waals surface area contributed by atoms with Crippen LogP contribution in [0.25, 0.3) is 0 Å². The zero-order valence-corrected chi connectivity index (χ0v) is 17.8. The van der Waals surface area contributed by atoms with Crippen molar-refractivity contribution in [2.45, 2.75) is 85.6 Å². The molecule has 0 fully saturated rings. The van der Waals surface area contributed by atoms with Gasteiger partial charge in [-0.15, -0.1) is 0 Å². The molecule has 0 aromatic carbocycles. The van der Waals surface area contributed by atoms with Gasteiger partial charge in [0.1, 0.15) is 0 Å². The van der Waals surface area contributed by atoms with Gasteiger partial charge in [0, 0.05) is 40.3 Å². The van der Waals surface area contributed by atoms with Crippen LogP contribution in [0.1, 0.15) is 79.6 Å². The predicted octanol–water partition coefficient (Wildman–Crippen LogP) is 1.74. The molecule has 1 atom stereocenters. The minimum absolute atomic E-state index is 0. The molecule has 0 aliphatic rings. The number of hydrogen-bond donors (Lipinski definition) is 6. The first kappa shape index (κ1) is 42.0. The quantitative estimate of drug-likeness (QED) is 0.240. The number of hydrogen-bond acceptors (Lipinski definition) is 6. The summed E-state index contributed by atoms with van der Waals surface area (Å²) in [4.78, 5) is 36.0. The van der Waals surface area contributed by atoms with Crippen molar-refractivity contribution in [3.8, 4) is 0 Å². The van der Waals surface area contributed by atoms with Crippen molar-refractivity contribution in [3.63, 3.8) is 0 Å². The zero-order valence-electron chi connectivity index (χ0n) is 17.8. The predicted molar refractivity (Wildman–Crippen MR) is 115 cm³/mol. The monoisotopic (exact) mass is 436 g/mol. The third-order valence-corrected chi connectivity index (χ3v) is 2.23. The molecule has 8 N–H and O–H groups in total. The molecule has 0 radical (unpaired) electrons. The van der Waals surface area contributed by atoms with Crippen LogP contribution >= 0.6 is 0 Å². The molecule has 0 saturated heterocycles. The maximum atomic E-state index is 9.00. The minimum atomic E-state index is -0.833. The van der Waals surface area contributed by atoms with Crippen LogP contribution in [0.4, 0.5) is 0 Å². The second-order valence-corrected chi connectivity index (χ2v) is 5.63. The van der Waals surface area contributed by atoms with Crippen molar-refractivity contribution in [2.75, 3.05) is 6.54 Å². The molecule has 29 heavy (non-hydrogen) atoms. The van der Waals surface area contributed by atoms with E-state index < -0.39 is 23.9 Å². The van der Waals surface area contributed by atoms with E-state index in [1.807, 2.05) is 0 Å². The van der Waals surface area contributed by atoms with Crippen molar-refractivity contribution in [2.24, 2.45) is 11.5 Å². The fraction of sp³-hybridized carbons (Fsp3) is 0.778. The Balaban J connectivity index is -0.0000000648. The summed E-state index contributed by atoms with van der Waals surface area (Å²) in [5.74, 6) is -3.33. The molecule has 0 aliphatic heterocycles. The van der Waals surface area contributed by atoms with Crippen LogP contribution in [0, 0.1) is 0 Å². The van der Waals surface area contributed by atoms with Gasteiger partial charge in [0.05, 0.1) is 0 Å². The molecule has 172 valence electrons. The summed E-state index contributed by atoms with van der Waals surface area (Å²) in [6, 6.07) is 0.233. The second kappa shape index (κ2) is 37.5. The SMILES string of the molecule is CC(=O)O.CC(=O)O.CC(=O)O.CC(=O)O.CCCCCCCCC(N)CN.[NaH]. The van der Waals surface area contributed by atoms with Crippen molar-refractivity contribution in [3.05, 3.63) is 0 Å². The van der Waals surface area contributed by atoms with Crippen molar-refractivity contribution in [1.29, 1.82) is 0 Å². The molecule has 0 aromatic heterocycles. The van der Waals surface area contributed by atoms with Gasteiger partial charge in [-0.25, -0.2) is 0 Å². The summed E-state index contributed by atoms with van der Waals surface area (Å²) in [6.07, 6.45) is 9.13. The molecule has 11 heteroatoms. The Morgan fingerprint density at radius 3 is 1.17 bits per heavy atom. The topological polar surface area (TPSA) is 201 Å². The summed E-state index contributed by atoms with van der Waals surface area (Å²) in [7, 11) is 0. The standard InChI is InChI=1S/C10H24N2.4C2H4O2.Na.H/c1-2-3-4-5-6-7-8-10(12)9-11;4*1-2(3)4;;/h10H,2-9,11-12H2,1H3;4*1H3,(H,3,4);;. The van der Waals surface area contributed by atoms with Gasteiger partial charge >= 0.3 is 29.6 Å². The van der Waals surface area contributed by atoms with Gasteiger partial charge in [-0.3, -0.25) is 19.2 Å². The average molecular weight is 437 g/mol. The van der Waals surface area contributed by atoms with Crippen molar-refractivity contribution in [1.82, 2.24) is 0 Å². The Morgan fingerprint density at radius 2 is 0.931 bits per heavy atom. The fourth-order valence-corrected chi connectivity index (χ4v) is 1.30. The number of unbranched alkanes of at least 4 members (excludes halogenated alkanes) is 5. The first-order valence-corrected chi connectivity index (χ1v) is 8.98. The molecule has 0 heterocycles. The summed E-state index contributed by atoms with van der Waals surface area (Å²) in [5.41, 5.74) is 11.1. The first-order valence-electron chi connectivity index (χ1n) is 8.98. The van der Waals surface area contributed by atoms with Gasteiger partial charge in [-0.05, 0) is 6.42 Å². The summed E-state index contributed by atoms with van der Waals surface area (Å²) >= 11 is 0. The molecule has 10 nitrogen and oxygen atoms in total. The van der Waals surface area contributed by atoms with Crippen LogP contribution in [0.2, 0.25) is 0 Å². The molecular formula is C18H41N2NaO8. The second-order valence-electron chi connectivity index (χ2n) is 5.63. The zero-order chi connectivity index (χ0) is 23.5. The van der Waals surface area contributed by atoms with Crippen molar-refractivity contribution >= 4 is 53.4 Å². The molecule has 0 spiro atoms. The normalized spacial score (nSPS) is 8.93. The van der Waals surface area contributed by atoms with E-state index in [0.29, 0.717) is 6.54 Å². The molecule has 0 aliphatic carbocycles. The van der Waals surface area contributed by atoms with E-state index >= 15 is 0 Å². The van der Waals surface area contributed by atoms with E-state index in [1.54, 1.807) is 0 Å². The Kier molecular flexibility index (Phi) is 54.4. The third-order valence-electron chi connectivity index (χ3n) is 2.23. The van der Waals surface area contributed by atoms with Gasteiger partial charge in [0.2, 0.25) is 0 Å². The number of carbonyl (C=O) groups is 4. The van der Waals surface area contributed by atoms with Crippen LogP contribution < -0.4 is 11.5 Å². The number of aliphatic carboxylic acids is 4. The summed E-state index contributed by atoms with van der Waals surface area (Å²) in [6.45, 7) is 7.21. The Hall–Kier alpha value is -1.20. The Morgan fingerprint density at radius 1 is 0.690 bits per heavy atom. The Bertz CT molecular complexity index is 319. The molecule has 0 bridgehead atoms. The molecule has 0 rings (SSSR count). The van der Waals surface area contributed by atoms with Crippen LogP contribution in [-0.2, 0) is 19.2 Å². The molecule has 0 saturated carbocycles. The third kappa shape index (κ3) is 213. The average Bonchev–Trinajstić information content (AvgIpc) is 2.48. The maximum absolute atomic E-state index is 9.00. The van der Waals surface area contributed by atoms with E-state index in [2.05, 4.69) is 6.92 Å². The number of carboxylic acids is 4. The number of carboxylic acid groups (broad SMARTS) is 4. The molecular weight excluding hydrogens is 395 g/mol. The fourth-order valence-electron chi connectivity index (χ4n) is 1.30. The molecule has 1 unspecified atom stereocenters. The van der Waals surface area contributed by atoms with Gasteiger partial charge in [0.15, 0.2) is 0 Å². The number of rotatable bonds is 8. The van der Waals surface area contributed by atoms with E-state index in [-0.39, 0.29) is 35.6 Å². The van der Waals surface area contributed by atoms with Crippen molar-refractivity contribution < 1.29 is 39.6 Å². The van der Waals surface area contributed by atoms with E-state index in [1.165, 1.54) is 38.5 Å². The van der Waals surface area contributed by atoms with Crippen LogP contribution in [0.15, 0.2) is 0 Å². The molecule has 0 aromatic rings. The van der Waals surface area contributed by atoms with E-state index in [4.69, 9.17) is 51.1 Å². The Labute approximate surface area is 196 Å². The first-order chi connectivity index (χ1) is 12.7. The molecule has 0 amide bonds. The van der Waals surface area contributed by atoms with Crippen LogP contribution in [0.3, 0.4) is 0 Å². The van der Waals surface area contributed by atoms with Crippen LogP contribution in [-0.4, -0.2) is 86.4 Å². The van der Waals surface area contributed by atoms with Gasteiger partial charge < -0.3 is 31.9 Å². The summed E-state index contributed by atoms with van der Waals surface area (Å²) < 4.78 is 0. The van der Waals surface area contributed by atoms with E-state index in [0.717, 1.165) is 34.1 Å². The van der Waals surface area contributed by atoms with E-state index in [9.17, 15) is 0 Å².